The largest absolute Gasteiger partial charge is 0.103 e. The predicted octanol–water partition coefficient (Wildman–Crippen LogP) is 6.22. The van der Waals surface area contributed by atoms with Gasteiger partial charge < -0.3 is 0 Å². The van der Waals surface area contributed by atoms with Crippen molar-refractivity contribution in [2.24, 2.45) is 41.4 Å². The highest BCUT2D eigenvalue weighted by atomic mass is 14.5. The van der Waals surface area contributed by atoms with Crippen molar-refractivity contribution in [3.05, 3.63) is 12.7 Å². The van der Waals surface area contributed by atoms with E-state index in [0.717, 1.165) is 41.4 Å². The summed E-state index contributed by atoms with van der Waals surface area (Å²) in [6, 6.07) is 0. The van der Waals surface area contributed by atoms with Gasteiger partial charge in [0.2, 0.25) is 0 Å². The fourth-order valence-electron chi connectivity index (χ4n) is 7.03. The van der Waals surface area contributed by atoms with E-state index < -0.39 is 0 Å². The van der Waals surface area contributed by atoms with E-state index in [2.05, 4.69) is 12.7 Å². The first-order valence-corrected chi connectivity index (χ1v) is 9.99. The normalized spacial score (nSPS) is 49.6. The average Bonchev–Trinajstić information content (AvgIpc) is 2.52. The van der Waals surface area contributed by atoms with Crippen LogP contribution in [0, 0.1) is 41.4 Å². The molecule has 0 aromatic heterocycles. The molecule has 0 radical (unpaired) electrons. The lowest BCUT2D eigenvalue weighted by Gasteiger charge is -2.56. The molecule has 7 atom stereocenters. The molecular formula is C21H34. The van der Waals surface area contributed by atoms with Crippen LogP contribution in [0.4, 0.5) is 0 Å². The lowest BCUT2D eigenvalue weighted by Crippen LogP contribution is -2.48. The summed E-state index contributed by atoms with van der Waals surface area (Å²) in [5.41, 5.74) is 0. The summed E-state index contributed by atoms with van der Waals surface area (Å²) in [6.45, 7) is 4.01. The van der Waals surface area contributed by atoms with Crippen LogP contribution in [0.15, 0.2) is 12.7 Å². The predicted molar refractivity (Wildman–Crippen MR) is 90.0 cm³/mol. The van der Waals surface area contributed by atoms with E-state index in [1.54, 1.807) is 38.5 Å². The molecule has 0 saturated heterocycles. The fourth-order valence-corrected chi connectivity index (χ4v) is 7.03. The molecule has 0 N–H and O–H groups in total. The van der Waals surface area contributed by atoms with Gasteiger partial charge in [-0.05, 0) is 86.4 Å². The Morgan fingerprint density at radius 2 is 1.33 bits per heavy atom. The van der Waals surface area contributed by atoms with Gasteiger partial charge in [0.25, 0.3) is 0 Å². The highest BCUT2D eigenvalue weighted by Gasteiger charge is 2.50. The Hall–Kier alpha value is -0.260. The average molecular weight is 287 g/mol. The molecule has 4 fully saturated rings. The Morgan fingerprint density at radius 1 is 0.667 bits per heavy atom. The van der Waals surface area contributed by atoms with E-state index in [0.29, 0.717) is 0 Å². The van der Waals surface area contributed by atoms with E-state index in [4.69, 9.17) is 0 Å². The van der Waals surface area contributed by atoms with Crippen LogP contribution < -0.4 is 0 Å². The van der Waals surface area contributed by atoms with E-state index in [1.165, 1.54) is 38.5 Å². The number of allylic oxidation sites excluding steroid dienone is 1. The number of rotatable bonds is 3. The molecule has 0 aromatic rings. The van der Waals surface area contributed by atoms with Gasteiger partial charge >= 0.3 is 0 Å². The van der Waals surface area contributed by atoms with Crippen molar-refractivity contribution in [3.63, 3.8) is 0 Å². The lowest BCUT2D eigenvalue weighted by atomic mass is 9.49. The van der Waals surface area contributed by atoms with Crippen LogP contribution in [-0.4, -0.2) is 0 Å². The van der Waals surface area contributed by atoms with Crippen LogP contribution in [0.3, 0.4) is 0 Å². The Kier molecular flexibility index (Phi) is 4.16. The highest BCUT2D eigenvalue weighted by molar-refractivity contribution is 5.00. The second-order valence-electron chi connectivity index (χ2n) is 8.75. The zero-order valence-electron chi connectivity index (χ0n) is 13.8. The fraction of sp³-hybridized carbons (Fsp3) is 0.905. The highest BCUT2D eigenvalue weighted by Crippen LogP contribution is 2.59. The van der Waals surface area contributed by atoms with Crippen LogP contribution >= 0.6 is 0 Å². The van der Waals surface area contributed by atoms with Gasteiger partial charge in [-0.3, -0.25) is 0 Å². The molecule has 7 unspecified atom stereocenters. The van der Waals surface area contributed by atoms with Crippen LogP contribution in [0.5, 0.6) is 0 Å². The molecule has 0 nitrogen and oxygen atoms in total. The van der Waals surface area contributed by atoms with Gasteiger partial charge in [-0.2, -0.15) is 0 Å². The molecule has 0 aliphatic heterocycles. The van der Waals surface area contributed by atoms with Gasteiger partial charge in [0.05, 0.1) is 0 Å². The van der Waals surface area contributed by atoms with Crippen molar-refractivity contribution in [2.45, 2.75) is 77.0 Å². The summed E-state index contributed by atoms with van der Waals surface area (Å²) in [4.78, 5) is 0. The van der Waals surface area contributed by atoms with Gasteiger partial charge in [0.1, 0.15) is 0 Å². The first-order chi connectivity index (χ1) is 10.4. The van der Waals surface area contributed by atoms with Crippen molar-refractivity contribution >= 4 is 0 Å². The van der Waals surface area contributed by atoms with Gasteiger partial charge in [0, 0.05) is 0 Å². The van der Waals surface area contributed by atoms with Crippen molar-refractivity contribution in [2.75, 3.05) is 0 Å². The molecule has 4 rings (SSSR count). The van der Waals surface area contributed by atoms with Crippen molar-refractivity contribution in [1.82, 2.24) is 0 Å². The summed E-state index contributed by atoms with van der Waals surface area (Å²) < 4.78 is 0. The Balaban J connectivity index is 1.53. The third-order valence-electron chi connectivity index (χ3n) is 8.01. The third-order valence-corrected chi connectivity index (χ3v) is 8.01. The number of hydrogen-bond acceptors (Lipinski definition) is 0. The zero-order valence-corrected chi connectivity index (χ0v) is 13.8. The summed E-state index contributed by atoms with van der Waals surface area (Å²) >= 11 is 0. The van der Waals surface area contributed by atoms with E-state index in [1.807, 2.05) is 0 Å². The number of hydrogen-bond donors (Lipinski definition) is 0. The maximum absolute atomic E-state index is 4.01. The minimum absolute atomic E-state index is 1.01. The van der Waals surface area contributed by atoms with E-state index >= 15 is 0 Å². The van der Waals surface area contributed by atoms with Gasteiger partial charge in [-0.1, -0.05) is 38.2 Å². The third kappa shape index (κ3) is 2.51. The Labute approximate surface area is 131 Å². The molecule has 0 bridgehead atoms. The summed E-state index contributed by atoms with van der Waals surface area (Å²) in [6.07, 6.45) is 20.6. The molecule has 0 amide bonds. The minimum Gasteiger partial charge on any atom is -0.103 e. The first-order valence-electron chi connectivity index (χ1n) is 9.99. The monoisotopic (exact) mass is 286 g/mol. The molecule has 4 saturated carbocycles. The summed E-state index contributed by atoms with van der Waals surface area (Å²) in [7, 11) is 0. The molecule has 0 heteroatoms. The Bertz CT molecular complexity index is 370. The molecule has 4 aliphatic carbocycles. The molecule has 21 heavy (non-hydrogen) atoms. The lowest BCUT2D eigenvalue weighted by molar-refractivity contribution is -0.0676. The number of fused-ring (bicyclic) bond motifs is 3. The zero-order chi connectivity index (χ0) is 14.2. The first kappa shape index (κ1) is 14.3. The minimum atomic E-state index is 1.01. The topological polar surface area (TPSA) is 0 Å². The van der Waals surface area contributed by atoms with E-state index in [-0.39, 0.29) is 0 Å². The standard InChI is InChI=1S/C21H34/c1-2-7-15-12-13-18(15)21-14-16-8-3-4-9-17(16)19-10-5-6-11-20(19)21/h2,15-21H,1,3-14H2. The summed E-state index contributed by atoms with van der Waals surface area (Å²) in [5.74, 6) is 7.70. The molecular weight excluding hydrogens is 252 g/mol. The maximum atomic E-state index is 4.01. The second kappa shape index (κ2) is 6.09. The second-order valence-corrected chi connectivity index (χ2v) is 8.75. The van der Waals surface area contributed by atoms with Crippen molar-refractivity contribution < 1.29 is 0 Å². The molecule has 0 spiro atoms. The molecule has 118 valence electrons. The van der Waals surface area contributed by atoms with Gasteiger partial charge in [-0.15, -0.1) is 6.58 Å². The smallest absolute Gasteiger partial charge is 0.0322 e. The van der Waals surface area contributed by atoms with Crippen LogP contribution in [0.25, 0.3) is 0 Å². The van der Waals surface area contributed by atoms with Crippen LogP contribution in [0.2, 0.25) is 0 Å². The summed E-state index contributed by atoms with van der Waals surface area (Å²) in [5, 5.41) is 0. The van der Waals surface area contributed by atoms with Crippen molar-refractivity contribution in [1.29, 1.82) is 0 Å². The van der Waals surface area contributed by atoms with Gasteiger partial charge in [-0.25, -0.2) is 0 Å². The molecule has 0 heterocycles. The van der Waals surface area contributed by atoms with E-state index in [9.17, 15) is 0 Å². The van der Waals surface area contributed by atoms with Crippen molar-refractivity contribution in [3.8, 4) is 0 Å². The van der Waals surface area contributed by atoms with Crippen LogP contribution in [-0.2, 0) is 0 Å². The SMILES string of the molecule is C=CCC1CCC1C1CC2CCCCC2C2CCCCC21. The van der Waals surface area contributed by atoms with Crippen LogP contribution in [0.1, 0.15) is 77.0 Å². The maximum Gasteiger partial charge on any atom is -0.0322 e. The van der Waals surface area contributed by atoms with Gasteiger partial charge in [0.15, 0.2) is 0 Å². The molecule has 4 aliphatic rings. The quantitative estimate of drug-likeness (QED) is 0.540. The Morgan fingerprint density at radius 3 is 2.00 bits per heavy atom. The molecule has 0 aromatic carbocycles.